The molecule has 0 spiro atoms. The number of carbonyl (C=O) groups is 1. The summed E-state index contributed by atoms with van der Waals surface area (Å²) in [6.45, 7) is 3.52. The lowest BCUT2D eigenvalue weighted by molar-refractivity contribution is -0.128. The van der Waals surface area contributed by atoms with E-state index < -0.39 is 6.17 Å². The van der Waals surface area contributed by atoms with E-state index in [1.807, 2.05) is 31.2 Å². The molecule has 0 radical (unpaired) electrons. The van der Waals surface area contributed by atoms with Crippen molar-refractivity contribution in [2.24, 2.45) is 5.41 Å². The first kappa shape index (κ1) is 22.6. The van der Waals surface area contributed by atoms with Crippen LogP contribution in [0, 0.1) is 12.3 Å². The highest BCUT2D eigenvalue weighted by molar-refractivity contribution is 6.09. The molecule has 4 aromatic rings. The summed E-state index contributed by atoms with van der Waals surface area (Å²) in [5.41, 5.74) is 3.71. The quantitative estimate of drug-likeness (QED) is 0.342. The molecule has 2 fully saturated rings. The number of aliphatic hydroxyl groups excluding tert-OH is 1. The zero-order valence-corrected chi connectivity index (χ0v) is 19.6. The summed E-state index contributed by atoms with van der Waals surface area (Å²) < 4.78 is 25.4. The van der Waals surface area contributed by atoms with E-state index in [9.17, 15) is 14.3 Å². The topological polar surface area (TPSA) is 127 Å². The molecule has 3 N–H and O–H groups in total. The average Bonchev–Trinajstić information content (AvgIpc) is 3.23. The average molecular weight is 493 g/mol. The minimum atomic E-state index is -0.921. The van der Waals surface area contributed by atoms with Gasteiger partial charge in [-0.05, 0) is 37.1 Å². The van der Waals surface area contributed by atoms with Crippen molar-refractivity contribution >= 4 is 22.8 Å². The second-order valence-corrected chi connectivity index (χ2v) is 9.61. The minimum absolute atomic E-state index is 0.0448. The fourth-order valence-electron chi connectivity index (χ4n) is 4.20. The summed E-state index contributed by atoms with van der Waals surface area (Å²) in [5.74, 6) is 0.0220. The summed E-state index contributed by atoms with van der Waals surface area (Å²) in [7, 11) is 0. The number of aryl methyl sites for hydroxylation is 1. The van der Waals surface area contributed by atoms with Crippen molar-refractivity contribution < 1.29 is 23.6 Å². The predicted molar refractivity (Wildman–Crippen MR) is 129 cm³/mol. The summed E-state index contributed by atoms with van der Waals surface area (Å²) in [4.78, 5) is 17.6. The number of alkyl halides is 1. The smallest absolute Gasteiger partial charge is 0.259 e. The van der Waals surface area contributed by atoms with Gasteiger partial charge in [-0.3, -0.25) is 4.79 Å². The largest absolute Gasteiger partial charge is 0.396 e. The van der Waals surface area contributed by atoms with Crippen LogP contribution in [0.5, 0.6) is 0 Å². The maximum absolute atomic E-state index is 13.3. The molecule has 11 heteroatoms. The lowest BCUT2D eigenvalue weighted by atomic mass is 9.87. The van der Waals surface area contributed by atoms with Crippen LogP contribution in [0.3, 0.4) is 0 Å². The highest BCUT2D eigenvalue weighted by Gasteiger charge is 2.43. The van der Waals surface area contributed by atoms with E-state index in [0.717, 1.165) is 11.3 Å². The first-order valence-electron chi connectivity index (χ1n) is 11.7. The number of hydrogen-bond donors (Lipinski definition) is 3. The van der Waals surface area contributed by atoms with Crippen LogP contribution in [0.2, 0.25) is 0 Å². The van der Waals surface area contributed by atoms with E-state index in [1.54, 1.807) is 16.8 Å². The standard InChI is InChI=1S/C25H25FN6O4/c1-14-2-3-15(22-30-24(36-31-22)17-8-19(17)26)6-20(14)29-23(34)18-9-28-32-5-4-16(7-21(18)32)27-10-25(11-33)12-35-13-25/h2-7,9,17,19,27,33H,8,10-13H2,1H3,(H,29,34)/t17-,19-/m0/s1. The third-order valence-electron chi connectivity index (χ3n) is 6.80. The molecule has 1 aliphatic carbocycles. The van der Waals surface area contributed by atoms with Crippen molar-refractivity contribution in [3.63, 3.8) is 0 Å². The first-order chi connectivity index (χ1) is 17.4. The SMILES string of the molecule is Cc1ccc(-c2noc([C@H]3C[C@@H]3F)n2)cc1NC(=O)c1cnn2ccc(NCC3(CO)COC3)cc12. The van der Waals surface area contributed by atoms with Gasteiger partial charge in [0.25, 0.3) is 5.91 Å². The van der Waals surface area contributed by atoms with Crippen molar-refractivity contribution in [1.82, 2.24) is 19.8 Å². The van der Waals surface area contributed by atoms with Crippen LogP contribution in [0.25, 0.3) is 16.9 Å². The van der Waals surface area contributed by atoms with Gasteiger partial charge in [-0.15, -0.1) is 0 Å². The number of halogens is 1. The Morgan fingerprint density at radius 2 is 2.14 bits per heavy atom. The molecule has 1 aromatic carbocycles. The van der Waals surface area contributed by atoms with E-state index in [-0.39, 0.29) is 23.8 Å². The Kier molecular flexibility index (Phi) is 5.45. The maximum Gasteiger partial charge on any atom is 0.259 e. The number of amides is 1. The zero-order valence-electron chi connectivity index (χ0n) is 19.6. The van der Waals surface area contributed by atoms with Gasteiger partial charge in [-0.25, -0.2) is 8.91 Å². The molecule has 2 aliphatic rings. The van der Waals surface area contributed by atoms with Crippen molar-refractivity contribution in [2.45, 2.75) is 25.4 Å². The molecule has 3 aromatic heterocycles. The molecule has 1 amide bonds. The van der Waals surface area contributed by atoms with Gasteiger partial charge in [0.2, 0.25) is 11.7 Å². The summed E-state index contributed by atoms with van der Waals surface area (Å²) in [6, 6.07) is 9.18. The highest BCUT2D eigenvalue weighted by Crippen LogP contribution is 2.43. The zero-order chi connectivity index (χ0) is 24.9. The van der Waals surface area contributed by atoms with E-state index >= 15 is 0 Å². The molecule has 10 nitrogen and oxygen atoms in total. The number of carbonyl (C=O) groups excluding carboxylic acids is 1. The molecule has 1 saturated carbocycles. The van der Waals surface area contributed by atoms with Crippen LogP contribution < -0.4 is 10.6 Å². The van der Waals surface area contributed by atoms with Gasteiger partial charge >= 0.3 is 0 Å². The van der Waals surface area contributed by atoms with Crippen molar-refractivity contribution in [2.75, 3.05) is 37.0 Å². The van der Waals surface area contributed by atoms with Gasteiger partial charge in [0.1, 0.15) is 6.17 Å². The maximum atomic E-state index is 13.3. The monoisotopic (exact) mass is 492 g/mol. The van der Waals surface area contributed by atoms with Crippen LogP contribution in [0.15, 0.2) is 47.2 Å². The van der Waals surface area contributed by atoms with Gasteiger partial charge < -0.3 is 25.0 Å². The molecule has 4 heterocycles. The van der Waals surface area contributed by atoms with Crippen molar-refractivity contribution in [3.05, 3.63) is 59.7 Å². The Balaban J connectivity index is 1.21. The molecule has 36 heavy (non-hydrogen) atoms. The van der Waals surface area contributed by atoms with Crippen molar-refractivity contribution in [3.8, 4) is 11.4 Å². The Labute approximate surface area is 205 Å². The summed E-state index contributed by atoms with van der Waals surface area (Å²) >= 11 is 0. The molecular weight excluding hydrogens is 467 g/mol. The van der Waals surface area contributed by atoms with Gasteiger partial charge in [0.05, 0.1) is 48.4 Å². The van der Waals surface area contributed by atoms with Crippen LogP contribution in [0.4, 0.5) is 15.8 Å². The molecule has 0 unspecified atom stereocenters. The lowest BCUT2D eigenvalue weighted by Crippen LogP contribution is -2.50. The molecule has 0 bridgehead atoms. The third-order valence-corrected chi connectivity index (χ3v) is 6.80. The number of fused-ring (bicyclic) bond motifs is 1. The Morgan fingerprint density at radius 3 is 2.86 bits per heavy atom. The molecule has 2 atom stereocenters. The van der Waals surface area contributed by atoms with E-state index in [0.29, 0.717) is 60.2 Å². The number of aliphatic hydroxyl groups is 1. The normalized spacial score (nSPS) is 20.2. The van der Waals surface area contributed by atoms with Crippen LogP contribution in [-0.2, 0) is 4.74 Å². The number of nitrogens with zero attached hydrogens (tertiary/aromatic N) is 4. The molecule has 1 aliphatic heterocycles. The van der Waals surface area contributed by atoms with E-state index in [1.165, 1.54) is 6.20 Å². The van der Waals surface area contributed by atoms with E-state index in [2.05, 4.69) is 25.9 Å². The van der Waals surface area contributed by atoms with Crippen molar-refractivity contribution in [1.29, 1.82) is 0 Å². The fourth-order valence-corrected chi connectivity index (χ4v) is 4.20. The Hall–Kier alpha value is -3.83. The lowest BCUT2D eigenvalue weighted by Gasteiger charge is -2.40. The highest BCUT2D eigenvalue weighted by atomic mass is 19.1. The van der Waals surface area contributed by atoms with Crippen LogP contribution >= 0.6 is 0 Å². The number of hydrogen-bond acceptors (Lipinski definition) is 8. The summed E-state index contributed by atoms with van der Waals surface area (Å²) in [5, 5.41) is 24.2. The number of aromatic nitrogens is 4. The molecule has 6 rings (SSSR count). The van der Waals surface area contributed by atoms with E-state index in [4.69, 9.17) is 9.26 Å². The van der Waals surface area contributed by atoms with Gasteiger partial charge in [0.15, 0.2) is 0 Å². The Bertz CT molecular complexity index is 1440. The number of ether oxygens (including phenoxy) is 1. The van der Waals surface area contributed by atoms with Crippen LogP contribution in [0.1, 0.15) is 34.2 Å². The second kappa shape index (κ2) is 8.68. The number of anilines is 2. The summed E-state index contributed by atoms with van der Waals surface area (Å²) in [6.07, 6.45) is 2.79. The third kappa shape index (κ3) is 4.10. The number of benzene rings is 1. The van der Waals surface area contributed by atoms with Gasteiger partial charge in [-0.2, -0.15) is 10.1 Å². The number of pyridine rings is 1. The van der Waals surface area contributed by atoms with Crippen LogP contribution in [-0.4, -0.2) is 63.3 Å². The number of rotatable bonds is 8. The van der Waals surface area contributed by atoms with Gasteiger partial charge in [0, 0.05) is 29.7 Å². The number of nitrogens with one attached hydrogen (secondary N) is 2. The Morgan fingerprint density at radius 1 is 1.31 bits per heavy atom. The first-order valence-corrected chi connectivity index (χ1v) is 11.7. The molecule has 1 saturated heterocycles. The molecule has 186 valence electrons. The predicted octanol–water partition coefficient (Wildman–Crippen LogP) is 3.19. The van der Waals surface area contributed by atoms with Gasteiger partial charge in [-0.1, -0.05) is 17.3 Å². The fraction of sp³-hybridized carbons (Fsp3) is 0.360. The molecular formula is C25H25FN6O4. The minimum Gasteiger partial charge on any atom is -0.396 e. The second-order valence-electron chi connectivity index (χ2n) is 9.61.